The highest BCUT2D eigenvalue weighted by molar-refractivity contribution is 7.10. The van der Waals surface area contributed by atoms with Gasteiger partial charge in [0.2, 0.25) is 0 Å². The van der Waals surface area contributed by atoms with Crippen molar-refractivity contribution in [2.45, 2.75) is 19.4 Å². The molecular weight excluding hydrogens is 280 g/mol. The van der Waals surface area contributed by atoms with Crippen LogP contribution in [0.1, 0.15) is 23.7 Å². The van der Waals surface area contributed by atoms with Gasteiger partial charge in [-0.25, -0.2) is 4.98 Å². The number of aromatic nitrogens is 2. The Balaban J connectivity index is 1.65. The van der Waals surface area contributed by atoms with Crippen molar-refractivity contribution in [2.75, 3.05) is 19.3 Å². The molecule has 0 radical (unpaired) electrons. The van der Waals surface area contributed by atoms with Gasteiger partial charge in [-0.05, 0) is 43.6 Å². The number of thiophene rings is 1. The first-order valence-electron chi connectivity index (χ1n) is 7.11. The Morgan fingerprint density at radius 2 is 2.24 bits per heavy atom. The molecule has 3 rings (SSSR count). The summed E-state index contributed by atoms with van der Waals surface area (Å²) in [6.45, 7) is 3.21. The molecule has 4 nitrogen and oxygen atoms in total. The number of nitrogens with two attached hydrogens (primary N) is 1. The summed E-state index contributed by atoms with van der Waals surface area (Å²) in [5.74, 6) is 1.01. The Kier molecular flexibility index (Phi) is 3.94. The largest absolute Gasteiger partial charge is 0.399 e. The SMILES string of the molecule is CC(c1cccs1)N(C)CCc1nc2ccc(N)cc2[nH]1. The van der Waals surface area contributed by atoms with E-state index in [-0.39, 0.29) is 0 Å². The van der Waals surface area contributed by atoms with Crippen LogP contribution in [-0.4, -0.2) is 28.5 Å². The van der Waals surface area contributed by atoms with E-state index < -0.39 is 0 Å². The van der Waals surface area contributed by atoms with Gasteiger partial charge in [0.15, 0.2) is 0 Å². The van der Waals surface area contributed by atoms with Crippen LogP contribution in [-0.2, 0) is 6.42 Å². The lowest BCUT2D eigenvalue weighted by atomic mass is 10.2. The van der Waals surface area contributed by atoms with E-state index in [0.717, 1.165) is 35.5 Å². The summed E-state index contributed by atoms with van der Waals surface area (Å²) in [7, 11) is 2.16. The third-order valence-corrected chi connectivity index (χ3v) is 4.91. The number of nitrogen functional groups attached to an aromatic ring is 1. The quantitative estimate of drug-likeness (QED) is 0.710. The molecule has 5 heteroatoms. The first-order chi connectivity index (χ1) is 10.1. The topological polar surface area (TPSA) is 57.9 Å². The molecule has 1 atom stereocenters. The normalized spacial score (nSPS) is 13.1. The van der Waals surface area contributed by atoms with E-state index in [4.69, 9.17) is 5.73 Å². The minimum atomic E-state index is 0.435. The molecule has 1 aromatic carbocycles. The number of hydrogen-bond acceptors (Lipinski definition) is 4. The van der Waals surface area contributed by atoms with Crippen LogP contribution in [0, 0.1) is 0 Å². The van der Waals surface area contributed by atoms with Crippen molar-refractivity contribution >= 4 is 28.1 Å². The van der Waals surface area contributed by atoms with Crippen molar-refractivity contribution in [3.63, 3.8) is 0 Å². The highest BCUT2D eigenvalue weighted by Gasteiger charge is 2.13. The number of H-pyrrole nitrogens is 1. The summed E-state index contributed by atoms with van der Waals surface area (Å²) in [6, 6.07) is 10.5. The summed E-state index contributed by atoms with van der Waals surface area (Å²) in [4.78, 5) is 11.7. The molecule has 21 heavy (non-hydrogen) atoms. The van der Waals surface area contributed by atoms with Gasteiger partial charge in [0.05, 0.1) is 11.0 Å². The Labute approximate surface area is 128 Å². The van der Waals surface area contributed by atoms with Gasteiger partial charge < -0.3 is 10.7 Å². The number of likely N-dealkylation sites (N-methyl/N-ethyl adjacent to an activating group) is 1. The molecular formula is C16H20N4S. The van der Waals surface area contributed by atoms with Crippen LogP contribution in [0.4, 0.5) is 5.69 Å². The monoisotopic (exact) mass is 300 g/mol. The van der Waals surface area contributed by atoms with Crippen molar-refractivity contribution in [3.05, 3.63) is 46.4 Å². The second-order valence-corrected chi connectivity index (χ2v) is 6.36. The molecule has 0 aliphatic heterocycles. The van der Waals surface area contributed by atoms with Gasteiger partial charge in [-0.1, -0.05) is 6.07 Å². The van der Waals surface area contributed by atoms with Crippen molar-refractivity contribution in [3.8, 4) is 0 Å². The van der Waals surface area contributed by atoms with Gasteiger partial charge in [-0.15, -0.1) is 11.3 Å². The van der Waals surface area contributed by atoms with Crippen molar-refractivity contribution in [1.29, 1.82) is 0 Å². The van der Waals surface area contributed by atoms with E-state index in [0.29, 0.717) is 6.04 Å². The van der Waals surface area contributed by atoms with E-state index in [1.165, 1.54) is 4.88 Å². The molecule has 0 spiro atoms. The summed E-state index contributed by atoms with van der Waals surface area (Å²) in [5.41, 5.74) is 8.55. The number of anilines is 1. The molecule has 2 aromatic heterocycles. The van der Waals surface area contributed by atoms with Crippen LogP contribution in [0.25, 0.3) is 11.0 Å². The molecule has 0 amide bonds. The smallest absolute Gasteiger partial charge is 0.108 e. The van der Waals surface area contributed by atoms with Gasteiger partial charge >= 0.3 is 0 Å². The van der Waals surface area contributed by atoms with Crippen molar-refractivity contribution in [1.82, 2.24) is 14.9 Å². The maximum atomic E-state index is 5.79. The van der Waals surface area contributed by atoms with Crippen LogP contribution in [0.3, 0.4) is 0 Å². The molecule has 1 unspecified atom stereocenters. The fourth-order valence-electron chi connectivity index (χ4n) is 2.42. The molecule has 110 valence electrons. The van der Waals surface area contributed by atoms with Crippen molar-refractivity contribution in [2.24, 2.45) is 0 Å². The Hall–Kier alpha value is -1.85. The summed E-state index contributed by atoms with van der Waals surface area (Å²) < 4.78 is 0. The van der Waals surface area contributed by atoms with E-state index in [1.54, 1.807) is 0 Å². The van der Waals surface area contributed by atoms with Gasteiger partial charge in [-0.3, -0.25) is 4.90 Å². The predicted molar refractivity (Wildman–Crippen MR) is 89.6 cm³/mol. The number of nitrogens with zero attached hydrogens (tertiary/aromatic N) is 2. The van der Waals surface area contributed by atoms with Crippen LogP contribution < -0.4 is 5.73 Å². The fraction of sp³-hybridized carbons (Fsp3) is 0.312. The molecule has 0 saturated carbocycles. The lowest BCUT2D eigenvalue weighted by Crippen LogP contribution is -2.24. The maximum Gasteiger partial charge on any atom is 0.108 e. The molecule has 0 fully saturated rings. The molecule has 3 N–H and O–H groups in total. The van der Waals surface area contributed by atoms with E-state index in [1.807, 2.05) is 29.5 Å². The van der Waals surface area contributed by atoms with Crippen LogP contribution in [0.15, 0.2) is 35.7 Å². The molecule has 0 bridgehead atoms. The maximum absolute atomic E-state index is 5.79. The molecule has 3 aromatic rings. The third-order valence-electron chi connectivity index (χ3n) is 3.87. The lowest BCUT2D eigenvalue weighted by molar-refractivity contribution is 0.267. The predicted octanol–water partition coefficient (Wildman–Crippen LogP) is 3.44. The van der Waals surface area contributed by atoms with Crippen LogP contribution >= 0.6 is 11.3 Å². The van der Waals surface area contributed by atoms with E-state index >= 15 is 0 Å². The second-order valence-electron chi connectivity index (χ2n) is 5.38. The zero-order valence-corrected chi connectivity index (χ0v) is 13.2. The molecule has 0 aliphatic rings. The first kappa shape index (κ1) is 14.1. The lowest BCUT2D eigenvalue weighted by Gasteiger charge is -2.23. The van der Waals surface area contributed by atoms with E-state index in [2.05, 4.69) is 46.4 Å². The number of fused-ring (bicyclic) bond motifs is 1. The molecule has 0 aliphatic carbocycles. The molecule has 2 heterocycles. The summed E-state index contributed by atoms with van der Waals surface area (Å²) in [6.07, 6.45) is 0.904. The molecule has 0 saturated heterocycles. The number of rotatable bonds is 5. The number of nitrogens with one attached hydrogen (secondary N) is 1. The van der Waals surface area contributed by atoms with Gasteiger partial charge in [0, 0.05) is 29.6 Å². The number of hydrogen-bond donors (Lipinski definition) is 2. The average Bonchev–Trinajstić information content (AvgIpc) is 3.12. The second kappa shape index (κ2) is 5.87. The number of aromatic amines is 1. The number of benzene rings is 1. The minimum Gasteiger partial charge on any atom is -0.399 e. The van der Waals surface area contributed by atoms with Gasteiger partial charge in [-0.2, -0.15) is 0 Å². The Morgan fingerprint density at radius 1 is 1.38 bits per heavy atom. The number of imidazole rings is 1. The third kappa shape index (κ3) is 3.09. The average molecular weight is 300 g/mol. The van der Waals surface area contributed by atoms with Crippen molar-refractivity contribution < 1.29 is 0 Å². The summed E-state index contributed by atoms with van der Waals surface area (Å²) >= 11 is 1.81. The standard InChI is InChI=1S/C16H20N4S/c1-11(15-4-3-9-21-15)20(2)8-7-16-18-13-6-5-12(17)10-14(13)19-16/h3-6,9-11H,7-8,17H2,1-2H3,(H,18,19). The van der Waals surface area contributed by atoms with Gasteiger partial charge in [0.1, 0.15) is 5.82 Å². The highest BCUT2D eigenvalue weighted by Crippen LogP contribution is 2.23. The Bertz CT molecular complexity index is 717. The zero-order chi connectivity index (χ0) is 14.8. The first-order valence-corrected chi connectivity index (χ1v) is 7.99. The van der Waals surface area contributed by atoms with Crippen LogP contribution in [0.5, 0.6) is 0 Å². The highest BCUT2D eigenvalue weighted by atomic mass is 32.1. The van der Waals surface area contributed by atoms with Gasteiger partial charge in [0.25, 0.3) is 0 Å². The summed E-state index contributed by atoms with van der Waals surface area (Å²) in [5, 5.41) is 2.13. The van der Waals surface area contributed by atoms with Crippen LogP contribution in [0.2, 0.25) is 0 Å². The zero-order valence-electron chi connectivity index (χ0n) is 12.3. The van der Waals surface area contributed by atoms with E-state index in [9.17, 15) is 0 Å². The minimum absolute atomic E-state index is 0.435. The fourth-order valence-corrected chi connectivity index (χ4v) is 3.27. The Morgan fingerprint density at radius 3 is 3.00 bits per heavy atom.